The van der Waals surface area contributed by atoms with Crippen molar-refractivity contribution >= 4 is 34.6 Å². The predicted octanol–water partition coefficient (Wildman–Crippen LogP) is 4.51. The Bertz CT molecular complexity index is 461. The number of thiocarbonyl (C=S) groups is 1. The van der Waals surface area contributed by atoms with Gasteiger partial charge in [0.25, 0.3) is 0 Å². The molecule has 2 N–H and O–H groups in total. The molecule has 0 unspecified atom stereocenters. The average molecular weight is 297 g/mol. The molecule has 1 aliphatic rings. The number of hydrogen-bond donors (Lipinski definition) is 2. The Kier molecular flexibility index (Phi) is 5.06. The van der Waals surface area contributed by atoms with Crippen molar-refractivity contribution in [3.63, 3.8) is 0 Å². The van der Waals surface area contributed by atoms with Crippen molar-refractivity contribution in [1.29, 1.82) is 0 Å². The van der Waals surface area contributed by atoms with Gasteiger partial charge in [-0.25, -0.2) is 0 Å². The zero-order valence-electron chi connectivity index (χ0n) is 11.5. The second kappa shape index (κ2) is 6.58. The van der Waals surface area contributed by atoms with Gasteiger partial charge in [0.15, 0.2) is 5.11 Å². The molecule has 2 atom stereocenters. The third-order valence-corrected chi connectivity index (χ3v) is 4.33. The van der Waals surface area contributed by atoms with Crippen LogP contribution in [0.15, 0.2) is 18.2 Å². The summed E-state index contributed by atoms with van der Waals surface area (Å²) in [6.45, 7) is 4.34. The molecule has 1 aromatic carbocycles. The molecule has 1 saturated carbocycles. The molecular formula is C15H21ClN2S. The van der Waals surface area contributed by atoms with E-state index < -0.39 is 0 Å². The molecule has 0 saturated heterocycles. The van der Waals surface area contributed by atoms with Crippen LogP contribution in [-0.4, -0.2) is 11.2 Å². The molecule has 0 aromatic heterocycles. The number of hydrogen-bond acceptors (Lipinski definition) is 1. The van der Waals surface area contributed by atoms with E-state index in [0.29, 0.717) is 17.1 Å². The van der Waals surface area contributed by atoms with Gasteiger partial charge in [-0.1, -0.05) is 37.4 Å². The van der Waals surface area contributed by atoms with Gasteiger partial charge in [-0.2, -0.15) is 0 Å². The Labute approximate surface area is 125 Å². The molecule has 4 heteroatoms. The van der Waals surface area contributed by atoms with Gasteiger partial charge in [0.1, 0.15) is 0 Å². The van der Waals surface area contributed by atoms with Crippen LogP contribution < -0.4 is 10.6 Å². The van der Waals surface area contributed by atoms with Crippen LogP contribution in [0.1, 0.15) is 38.2 Å². The van der Waals surface area contributed by atoms with Gasteiger partial charge in [-0.05, 0) is 55.6 Å². The second-order valence-corrected chi connectivity index (χ2v) is 6.27. The zero-order chi connectivity index (χ0) is 13.8. The van der Waals surface area contributed by atoms with Gasteiger partial charge in [0.05, 0.1) is 0 Å². The fourth-order valence-electron chi connectivity index (χ4n) is 2.59. The number of aryl methyl sites for hydroxylation is 1. The van der Waals surface area contributed by atoms with E-state index in [1.165, 1.54) is 25.7 Å². The lowest BCUT2D eigenvalue weighted by atomic mass is 9.86. The van der Waals surface area contributed by atoms with Gasteiger partial charge in [-0.15, -0.1) is 0 Å². The number of benzene rings is 1. The molecule has 1 aliphatic carbocycles. The van der Waals surface area contributed by atoms with Crippen LogP contribution in [0.25, 0.3) is 0 Å². The summed E-state index contributed by atoms with van der Waals surface area (Å²) in [6.07, 6.45) is 5.13. The predicted molar refractivity (Wildman–Crippen MR) is 87.0 cm³/mol. The Morgan fingerprint density at radius 2 is 2.05 bits per heavy atom. The molecule has 0 spiro atoms. The largest absolute Gasteiger partial charge is 0.359 e. The maximum absolute atomic E-state index is 6.01. The minimum absolute atomic E-state index is 0.494. The average Bonchev–Trinajstić information content (AvgIpc) is 2.37. The topological polar surface area (TPSA) is 24.1 Å². The van der Waals surface area contributed by atoms with Crippen LogP contribution in [0.2, 0.25) is 5.02 Å². The summed E-state index contributed by atoms with van der Waals surface area (Å²) in [5.41, 5.74) is 2.12. The van der Waals surface area contributed by atoms with Crippen molar-refractivity contribution in [2.45, 2.75) is 45.6 Å². The van der Waals surface area contributed by atoms with Crippen LogP contribution in [0, 0.1) is 12.8 Å². The van der Waals surface area contributed by atoms with Crippen molar-refractivity contribution in [2.24, 2.45) is 5.92 Å². The molecule has 104 valence electrons. The van der Waals surface area contributed by atoms with E-state index in [1.54, 1.807) is 0 Å². The SMILES string of the molecule is Cc1ccc(Cl)cc1NC(=S)N[C@@H]1CCCC[C@H]1C. The van der Waals surface area contributed by atoms with Crippen LogP contribution in [0.4, 0.5) is 5.69 Å². The van der Waals surface area contributed by atoms with Gasteiger partial charge in [0, 0.05) is 16.8 Å². The Morgan fingerprint density at radius 3 is 2.79 bits per heavy atom. The van der Waals surface area contributed by atoms with Crippen LogP contribution in [0.3, 0.4) is 0 Å². The summed E-state index contributed by atoms with van der Waals surface area (Å²) in [5, 5.41) is 8.12. The summed E-state index contributed by atoms with van der Waals surface area (Å²) < 4.78 is 0. The molecule has 0 aliphatic heterocycles. The summed E-state index contributed by atoms with van der Waals surface area (Å²) in [6, 6.07) is 6.29. The minimum atomic E-state index is 0.494. The highest BCUT2D eigenvalue weighted by atomic mass is 35.5. The van der Waals surface area contributed by atoms with Crippen molar-refractivity contribution in [2.75, 3.05) is 5.32 Å². The van der Waals surface area contributed by atoms with Gasteiger partial charge in [0.2, 0.25) is 0 Å². The van der Waals surface area contributed by atoms with Gasteiger partial charge in [-0.3, -0.25) is 0 Å². The molecule has 2 nitrogen and oxygen atoms in total. The molecule has 1 fully saturated rings. The van der Waals surface area contributed by atoms with E-state index in [1.807, 2.05) is 25.1 Å². The van der Waals surface area contributed by atoms with Crippen LogP contribution in [0.5, 0.6) is 0 Å². The first-order chi connectivity index (χ1) is 9.06. The number of rotatable bonds is 2. The quantitative estimate of drug-likeness (QED) is 0.785. The van der Waals surface area contributed by atoms with E-state index in [-0.39, 0.29) is 0 Å². The van der Waals surface area contributed by atoms with E-state index in [2.05, 4.69) is 17.6 Å². The number of halogens is 1. The molecule has 2 rings (SSSR count). The fourth-order valence-corrected chi connectivity index (χ4v) is 3.02. The van der Waals surface area contributed by atoms with E-state index >= 15 is 0 Å². The van der Waals surface area contributed by atoms with E-state index in [0.717, 1.165) is 16.3 Å². The Hall–Kier alpha value is -0.800. The molecule has 19 heavy (non-hydrogen) atoms. The van der Waals surface area contributed by atoms with Crippen molar-refractivity contribution in [3.8, 4) is 0 Å². The molecular weight excluding hydrogens is 276 g/mol. The third-order valence-electron chi connectivity index (χ3n) is 3.88. The summed E-state index contributed by atoms with van der Waals surface area (Å²) in [7, 11) is 0. The zero-order valence-corrected chi connectivity index (χ0v) is 13.1. The molecule has 0 heterocycles. The van der Waals surface area contributed by atoms with E-state index in [4.69, 9.17) is 23.8 Å². The molecule has 0 amide bonds. The van der Waals surface area contributed by atoms with Crippen LogP contribution in [-0.2, 0) is 0 Å². The van der Waals surface area contributed by atoms with Gasteiger partial charge < -0.3 is 10.6 Å². The molecule has 0 radical (unpaired) electrons. The first-order valence-electron chi connectivity index (χ1n) is 6.90. The number of anilines is 1. The first-order valence-corrected chi connectivity index (χ1v) is 7.68. The third kappa shape index (κ3) is 4.08. The smallest absolute Gasteiger partial charge is 0.171 e. The maximum Gasteiger partial charge on any atom is 0.171 e. The Balaban J connectivity index is 1.95. The lowest BCUT2D eigenvalue weighted by Gasteiger charge is -2.30. The monoisotopic (exact) mass is 296 g/mol. The highest BCUT2D eigenvalue weighted by Crippen LogP contribution is 2.24. The molecule has 1 aromatic rings. The standard InChI is InChI=1S/C15H21ClN2S/c1-10-5-3-4-6-13(10)17-15(19)18-14-9-12(16)8-7-11(14)2/h7-10,13H,3-6H2,1-2H3,(H2,17,18,19)/t10-,13-/m1/s1. The number of nitrogens with one attached hydrogen (secondary N) is 2. The normalized spacial score (nSPS) is 22.9. The summed E-state index contributed by atoms with van der Waals surface area (Å²) in [5.74, 6) is 0.689. The minimum Gasteiger partial charge on any atom is -0.359 e. The highest BCUT2D eigenvalue weighted by Gasteiger charge is 2.21. The van der Waals surface area contributed by atoms with Gasteiger partial charge >= 0.3 is 0 Å². The Morgan fingerprint density at radius 1 is 1.32 bits per heavy atom. The van der Waals surface area contributed by atoms with Crippen LogP contribution >= 0.6 is 23.8 Å². The van der Waals surface area contributed by atoms with Crippen molar-refractivity contribution in [1.82, 2.24) is 5.32 Å². The van der Waals surface area contributed by atoms with E-state index in [9.17, 15) is 0 Å². The highest BCUT2D eigenvalue weighted by molar-refractivity contribution is 7.80. The molecule has 0 bridgehead atoms. The lowest BCUT2D eigenvalue weighted by Crippen LogP contribution is -2.43. The lowest BCUT2D eigenvalue weighted by molar-refractivity contribution is 0.309. The summed E-state index contributed by atoms with van der Waals surface area (Å²) >= 11 is 11.4. The fraction of sp³-hybridized carbons (Fsp3) is 0.533. The van der Waals surface area contributed by atoms with Crippen molar-refractivity contribution in [3.05, 3.63) is 28.8 Å². The summed E-state index contributed by atoms with van der Waals surface area (Å²) in [4.78, 5) is 0. The maximum atomic E-state index is 6.01. The van der Waals surface area contributed by atoms with Crippen molar-refractivity contribution < 1.29 is 0 Å². The second-order valence-electron chi connectivity index (χ2n) is 5.43. The first kappa shape index (κ1) is 14.6.